The number of hydrogen-bond donors (Lipinski definition) is 1. The van der Waals surface area contributed by atoms with Crippen molar-refractivity contribution in [2.75, 3.05) is 6.54 Å². The van der Waals surface area contributed by atoms with Gasteiger partial charge < -0.3 is 5.73 Å². The van der Waals surface area contributed by atoms with Gasteiger partial charge in [0.25, 0.3) is 0 Å². The molecule has 16 heavy (non-hydrogen) atoms. The van der Waals surface area contributed by atoms with E-state index >= 15 is 0 Å². The first-order valence-corrected chi connectivity index (χ1v) is 6.53. The minimum absolute atomic E-state index is 0.542. The Morgan fingerprint density at radius 3 is 2.31 bits per heavy atom. The van der Waals surface area contributed by atoms with E-state index in [1.54, 1.807) is 0 Å². The molecule has 0 saturated heterocycles. The van der Waals surface area contributed by atoms with Crippen LogP contribution in [0.3, 0.4) is 0 Å². The van der Waals surface area contributed by atoms with E-state index in [9.17, 15) is 0 Å². The highest BCUT2D eigenvalue weighted by atomic mass is 14.5. The number of hydrogen-bond acceptors (Lipinski definition) is 1. The van der Waals surface area contributed by atoms with Crippen molar-refractivity contribution in [1.29, 1.82) is 0 Å². The lowest BCUT2D eigenvalue weighted by atomic mass is 9.89. The third-order valence-electron chi connectivity index (χ3n) is 3.34. The topological polar surface area (TPSA) is 26.0 Å². The number of nitrogens with two attached hydrogens (primary N) is 1. The number of benzene rings is 1. The zero-order valence-corrected chi connectivity index (χ0v) is 10.7. The summed E-state index contributed by atoms with van der Waals surface area (Å²) in [6.07, 6.45) is 5.15. The van der Waals surface area contributed by atoms with Gasteiger partial charge in [0, 0.05) is 0 Å². The summed E-state index contributed by atoms with van der Waals surface area (Å²) in [6, 6.07) is 10.7. The minimum atomic E-state index is 0.542. The zero-order chi connectivity index (χ0) is 11.8. The van der Waals surface area contributed by atoms with Gasteiger partial charge in [-0.2, -0.15) is 0 Å². The van der Waals surface area contributed by atoms with Crippen LogP contribution in [0.1, 0.15) is 51.0 Å². The van der Waals surface area contributed by atoms with Gasteiger partial charge in [0.05, 0.1) is 0 Å². The molecule has 0 spiro atoms. The van der Waals surface area contributed by atoms with E-state index in [0.717, 1.165) is 12.5 Å². The molecule has 90 valence electrons. The molecule has 0 fully saturated rings. The second-order valence-electron chi connectivity index (χ2n) is 4.81. The summed E-state index contributed by atoms with van der Waals surface area (Å²) in [4.78, 5) is 0. The quantitative estimate of drug-likeness (QED) is 0.738. The lowest BCUT2D eigenvalue weighted by Crippen LogP contribution is -2.13. The van der Waals surface area contributed by atoms with Gasteiger partial charge in [-0.3, -0.25) is 0 Å². The van der Waals surface area contributed by atoms with Gasteiger partial charge in [-0.05, 0) is 30.4 Å². The van der Waals surface area contributed by atoms with E-state index in [2.05, 4.69) is 44.2 Å². The smallest absolute Gasteiger partial charge is 0.000824 e. The molecule has 1 aromatic carbocycles. The molecule has 1 heteroatoms. The Hall–Kier alpha value is -0.820. The fraction of sp³-hybridized carbons (Fsp3) is 0.600. The van der Waals surface area contributed by atoms with E-state index in [4.69, 9.17) is 5.73 Å². The Morgan fingerprint density at radius 2 is 1.75 bits per heavy atom. The van der Waals surface area contributed by atoms with Crippen molar-refractivity contribution in [2.45, 2.75) is 45.4 Å². The second kappa shape index (κ2) is 7.45. The fourth-order valence-electron chi connectivity index (χ4n) is 2.27. The molecule has 0 aliphatic heterocycles. The average molecular weight is 219 g/mol. The highest BCUT2D eigenvalue weighted by Gasteiger charge is 2.10. The van der Waals surface area contributed by atoms with Gasteiger partial charge in [0.1, 0.15) is 0 Å². The van der Waals surface area contributed by atoms with Gasteiger partial charge in [-0.15, -0.1) is 0 Å². The molecule has 2 unspecified atom stereocenters. The molecule has 0 amide bonds. The van der Waals surface area contributed by atoms with Crippen molar-refractivity contribution < 1.29 is 0 Å². The van der Waals surface area contributed by atoms with Gasteiger partial charge >= 0.3 is 0 Å². The van der Waals surface area contributed by atoms with E-state index in [0.29, 0.717) is 5.92 Å². The van der Waals surface area contributed by atoms with Crippen molar-refractivity contribution >= 4 is 0 Å². The highest BCUT2D eigenvalue weighted by molar-refractivity contribution is 5.19. The van der Waals surface area contributed by atoms with Crippen LogP contribution in [-0.4, -0.2) is 6.54 Å². The molecular weight excluding hydrogens is 194 g/mol. The van der Waals surface area contributed by atoms with Crippen molar-refractivity contribution in [3.05, 3.63) is 35.9 Å². The largest absolute Gasteiger partial charge is 0.330 e. The monoisotopic (exact) mass is 219 g/mol. The summed E-state index contributed by atoms with van der Waals surface area (Å²) in [7, 11) is 0. The molecule has 2 N–H and O–H groups in total. The van der Waals surface area contributed by atoms with Crippen LogP contribution in [-0.2, 0) is 0 Å². The van der Waals surface area contributed by atoms with Crippen LogP contribution >= 0.6 is 0 Å². The standard InChI is InChI=1S/C15H25N/c1-3-7-13(2)10-11-15(12-16)14-8-5-4-6-9-14/h4-6,8-9,13,15H,3,7,10-12,16H2,1-2H3. The van der Waals surface area contributed by atoms with Gasteiger partial charge in [-0.1, -0.05) is 63.4 Å². The Labute approximate surface area is 100 Å². The molecule has 1 nitrogen and oxygen atoms in total. The molecule has 0 bridgehead atoms. The summed E-state index contributed by atoms with van der Waals surface area (Å²) in [5, 5.41) is 0. The summed E-state index contributed by atoms with van der Waals surface area (Å²) in [6.45, 7) is 5.37. The van der Waals surface area contributed by atoms with Crippen LogP contribution in [0.5, 0.6) is 0 Å². The fourth-order valence-corrected chi connectivity index (χ4v) is 2.27. The van der Waals surface area contributed by atoms with Crippen LogP contribution in [0.2, 0.25) is 0 Å². The van der Waals surface area contributed by atoms with Crippen molar-refractivity contribution in [2.24, 2.45) is 11.7 Å². The molecule has 0 aromatic heterocycles. The Balaban J connectivity index is 2.44. The van der Waals surface area contributed by atoms with Gasteiger partial charge in [0.2, 0.25) is 0 Å². The van der Waals surface area contributed by atoms with Crippen LogP contribution in [0.25, 0.3) is 0 Å². The first-order valence-electron chi connectivity index (χ1n) is 6.53. The molecule has 0 saturated carbocycles. The lowest BCUT2D eigenvalue weighted by Gasteiger charge is -2.17. The summed E-state index contributed by atoms with van der Waals surface area (Å²) in [5.74, 6) is 1.38. The second-order valence-corrected chi connectivity index (χ2v) is 4.81. The van der Waals surface area contributed by atoms with Crippen LogP contribution in [0, 0.1) is 5.92 Å². The SMILES string of the molecule is CCCC(C)CCC(CN)c1ccccc1. The maximum absolute atomic E-state index is 5.86. The summed E-state index contributed by atoms with van der Waals surface area (Å²) in [5.41, 5.74) is 7.26. The predicted octanol–water partition coefficient (Wildman–Crippen LogP) is 3.95. The Morgan fingerprint density at radius 1 is 1.06 bits per heavy atom. The van der Waals surface area contributed by atoms with Crippen LogP contribution in [0.15, 0.2) is 30.3 Å². The molecule has 2 atom stereocenters. The van der Waals surface area contributed by atoms with E-state index in [1.165, 1.54) is 31.2 Å². The van der Waals surface area contributed by atoms with Gasteiger partial charge in [0.15, 0.2) is 0 Å². The molecule has 0 aliphatic rings. The molecule has 0 radical (unpaired) electrons. The predicted molar refractivity (Wildman–Crippen MR) is 71.5 cm³/mol. The third kappa shape index (κ3) is 4.36. The van der Waals surface area contributed by atoms with E-state index in [1.807, 2.05) is 0 Å². The van der Waals surface area contributed by atoms with Gasteiger partial charge in [-0.25, -0.2) is 0 Å². The Bertz CT molecular complexity index is 268. The molecule has 0 heterocycles. The minimum Gasteiger partial charge on any atom is -0.330 e. The molecular formula is C15H25N. The summed E-state index contributed by atoms with van der Waals surface area (Å²) < 4.78 is 0. The van der Waals surface area contributed by atoms with E-state index < -0.39 is 0 Å². The molecule has 1 rings (SSSR count). The first-order chi connectivity index (χ1) is 7.77. The van der Waals surface area contributed by atoms with Crippen molar-refractivity contribution in [3.8, 4) is 0 Å². The zero-order valence-electron chi connectivity index (χ0n) is 10.7. The maximum atomic E-state index is 5.86. The maximum Gasteiger partial charge on any atom is -0.000824 e. The molecule has 1 aromatic rings. The Kier molecular flexibility index (Phi) is 6.17. The third-order valence-corrected chi connectivity index (χ3v) is 3.34. The van der Waals surface area contributed by atoms with E-state index in [-0.39, 0.29) is 0 Å². The lowest BCUT2D eigenvalue weighted by molar-refractivity contribution is 0.442. The van der Waals surface area contributed by atoms with Crippen LogP contribution < -0.4 is 5.73 Å². The van der Waals surface area contributed by atoms with Crippen molar-refractivity contribution in [3.63, 3.8) is 0 Å². The average Bonchev–Trinajstić information content (AvgIpc) is 2.31. The van der Waals surface area contributed by atoms with Crippen LogP contribution in [0.4, 0.5) is 0 Å². The van der Waals surface area contributed by atoms with Crippen molar-refractivity contribution in [1.82, 2.24) is 0 Å². The first kappa shape index (κ1) is 13.2. The number of rotatable bonds is 7. The molecule has 0 aliphatic carbocycles. The highest BCUT2D eigenvalue weighted by Crippen LogP contribution is 2.23. The normalized spacial score (nSPS) is 14.7. The summed E-state index contributed by atoms with van der Waals surface area (Å²) >= 11 is 0.